The van der Waals surface area contributed by atoms with Gasteiger partial charge in [0.05, 0.1) is 0 Å². The summed E-state index contributed by atoms with van der Waals surface area (Å²) in [6.07, 6.45) is 1.73. The van der Waals surface area contributed by atoms with E-state index in [9.17, 15) is 14.7 Å². The maximum atomic E-state index is 11.9. The molecule has 1 aliphatic heterocycles. The molecule has 0 bridgehead atoms. The van der Waals surface area contributed by atoms with Crippen molar-refractivity contribution in [1.82, 2.24) is 14.9 Å². The smallest absolute Gasteiger partial charge is 0.267 e. The second kappa shape index (κ2) is 6.34. The predicted molar refractivity (Wildman–Crippen MR) is 90.1 cm³/mol. The molecule has 0 radical (unpaired) electrons. The molecule has 1 aliphatic rings. The van der Waals surface area contributed by atoms with Crippen molar-refractivity contribution in [3.8, 4) is 23.2 Å². The van der Waals surface area contributed by atoms with Crippen LogP contribution in [-0.2, 0) is 4.79 Å². The predicted octanol–water partition coefficient (Wildman–Crippen LogP) is 0.187. The lowest BCUT2D eigenvalue weighted by Gasteiger charge is -2.13. The zero-order chi connectivity index (χ0) is 18.0. The van der Waals surface area contributed by atoms with Gasteiger partial charge in [-0.3, -0.25) is 9.59 Å². The highest BCUT2D eigenvalue weighted by Gasteiger charge is 2.42. The van der Waals surface area contributed by atoms with Crippen molar-refractivity contribution in [2.24, 2.45) is 5.73 Å². The van der Waals surface area contributed by atoms with Gasteiger partial charge in [-0.2, -0.15) is 0 Å². The van der Waals surface area contributed by atoms with Gasteiger partial charge in [0, 0.05) is 37.3 Å². The minimum atomic E-state index is -1.65. The fourth-order valence-electron chi connectivity index (χ4n) is 2.52. The van der Waals surface area contributed by atoms with Gasteiger partial charge >= 0.3 is 0 Å². The number of amides is 2. The zero-order valence-electron chi connectivity index (χ0n) is 13.6. The number of likely N-dealkylation sites (tertiary alicyclic amines) is 1. The van der Waals surface area contributed by atoms with Crippen LogP contribution >= 0.6 is 0 Å². The second-order valence-electron chi connectivity index (χ2n) is 5.80. The fraction of sp³-hybridized carbons (Fsp3) is 0.222. The van der Waals surface area contributed by atoms with Gasteiger partial charge in [0.25, 0.3) is 11.8 Å². The molecule has 1 saturated heterocycles. The van der Waals surface area contributed by atoms with E-state index >= 15 is 0 Å². The third kappa shape index (κ3) is 3.34. The molecule has 1 fully saturated rings. The van der Waals surface area contributed by atoms with E-state index in [-0.39, 0.29) is 12.1 Å². The Bertz CT molecular complexity index is 916. The highest BCUT2D eigenvalue weighted by atomic mass is 16.3. The maximum Gasteiger partial charge on any atom is 0.267 e. The van der Waals surface area contributed by atoms with E-state index in [2.05, 4.69) is 21.8 Å². The zero-order valence-corrected chi connectivity index (χ0v) is 13.6. The van der Waals surface area contributed by atoms with Gasteiger partial charge in [-0.1, -0.05) is 24.0 Å². The lowest BCUT2D eigenvalue weighted by molar-refractivity contribution is -0.137. The van der Waals surface area contributed by atoms with E-state index in [1.54, 1.807) is 31.3 Å². The molecule has 0 unspecified atom stereocenters. The van der Waals surface area contributed by atoms with E-state index in [0.29, 0.717) is 23.5 Å². The summed E-state index contributed by atoms with van der Waals surface area (Å²) < 4.78 is 0. The van der Waals surface area contributed by atoms with Crippen LogP contribution in [-0.4, -0.2) is 51.0 Å². The van der Waals surface area contributed by atoms with E-state index in [4.69, 9.17) is 5.73 Å². The van der Waals surface area contributed by atoms with Gasteiger partial charge in [0.15, 0.2) is 5.82 Å². The molecular formula is C18H16N4O3. The van der Waals surface area contributed by atoms with E-state index < -0.39 is 17.4 Å². The summed E-state index contributed by atoms with van der Waals surface area (Å²) >= 11 is 0. The maximum absolute atomic E-state index is 11.9. The van der Waals surface area contributed by atoms with Crippen molar-refractivity contribution in [3.05, 3.63) is 47.8 Å². The molecule has 0 aliphatic carbocycles. The Morgan fingerprint density at radius 3 is 2.88 bits per heavy atom. The Morgan fingerprint density at radius 1 is 1.40 bits per heavy atom. The van der Waals surface area contributed by atoms with Crippen LogP contribution in [0.5, 0.6) is 0 Å². The first-order valence-electron chi connectivity index (χ1n) is 7.63. The topological polar surface area (TPSA) is 109 Å². The van der Waals surface area contributed by atoms with Crippen LogP contribution in [0.1, 0.15) is 22.5 Å². The molecule has 7 nitrogen and oxygen atoms in total. The quantitative estimate of drug-likeness (QED) is 0.761. The number of likely N-dealkylation sites (N-methyl/N-ethyl adjacent to an activating group) is 1. The molecule has 1 aromatic carbocycles. The monoisotopic (exact) mass is 336 g/mol. The number of nitrogens with zero attached hydrogens (tertiary/aromatic N) is 3. The van der Waals surface area contributed by atoms with E-state index in [1.807, 2.05) is 0 Å². The molecule has 1 atom stereocenters. The normalized spacial score (nSPS) is 19.4. The van der Waals surface area contributed by atoms with Gasteiger partial charge in [-0.05, 0) is 18.2 Å². The molecule has 25 heavy (non-hydrogen) atoms. The van der Waals surface area contributed by atoms with E-state index in [0.717, 1.165) is 0 Å². The molecule has 126 valence electrons. The van der Waals surface area contributed by atoms with Crippen LogP contribution in [0.15, 0.2) is 36.5 Å². The molecule has 2 amide bonds. The van der Waals surface area contributed by atoms with Crippen molar-refractivity contribution < 1.29 is 14.7 Å². The lowest BCUT2D eigenvalue weighted by Crippen LogP contribution is -2.37. The van der Waals surface area contributed by atoms with Crippen LogP contribution in [0, 0.1) is 11.8 Å². The highest BCUT2D eigenvalue weighted by molar-refractivity contribution is 5.91. The Balaban J connectivity index is 1.91. The summed E-state index contributed by atoms with van der Waals surface area (Å²) in [4.78, 5) is 32.9. The average Bonchev–Trinajstić information content (AvgIpc) is 2.88. The van der Waals surface area contributed by atoms with Crippen molar-refractivity contribution in [2.45, 2.75) is 12.0 Å². The molecule has 0 spiro atoms. The van der Waals surface area contributed by atoms with Crippen LogP contribution < -0.4 is 5.73 Å². The van der Waals surface area contributed by atoms with Crippen LogP contribution in [0.25, 0.3) is 11.4 Å². The molecule has 3 N–H and O–H groups in total. The highest BCUT2D eigenvalue weighted by Crippen LogP contribution is 2.21. The number of aliphatic hydroxyl groups is 1. The first-order chi connectivity index (χ1) is 11.9. The molecule has 1 aromatic heterocycles. The Labute approximate surface area is 144 Å². The number of primary amides is 1. The average molecular weight is 336 g/mol. The largest absolute Gasteiger partial charge is 0.369 e. The molecule has 3 rings (SSSR count). The van der Waals surface area contributed by atoms with Crippen LogP contribution in [0.2, 0.25) is 0 Å². The van der Waals surface area contributed by atoms with E-state index in [1.165, 1.54) is 17.2 Å². The van der Waals surface area contributed by atoms with Gasteiger partial charge in [-0.15, -0.1) is 0 Å². The SMILES string of the molecule is CN1CC[C@@](O)(C#Cc2cccc(-c3nccc(C(N)=O)n3)c2)C1=O. The first kappa shape index (κ1) is 16.6. The minimum absolute atomic E-state index is 0.121. The van der Waals surface area contributed by atoms with Crippen molar-refractivity contribution in [2.75, 3.05) is 13.6 Å². The number of hydrogen-bond donors (Lipinski definition) is 2. The number of aromatic nitrogens is 2. The summed E-state index contributed by atoms with van der Waals surface area (Å²) in [5, 5.41) is 10.3. The fourth-order valence-corrected chi connectivity index (χ4v) is 2.52. The standard InChI is InChI=1S/C18H16N4O3/c1-22-10-8-18(25,17(22)24)7-5-12-3-2-4-13(11-12)16-20-9-6-14(21-16)15(19)23/h2-4,6,9,11,25H,8,10H2,1H3,(H2,19,23)/t18-/m0/s1. The molecule has 0 saturated carbocycles. The first-order valence-corrected chi connectivity index (χ1v) is 7.63. The summed E-state index contributed by atoms with van der Waals surface area (Å²) in [5.74, 6) is 4.81. The van der Waals surface area contributed by atoms with Gasteiger partial charge in [-0.25, -0.2) is 9.97 Å². The molecule has 7 heteroatoms. The number of carbonyl (C=O) groups excluding carboxylic acids is 2. The summed E-state index contributed by atoms with van der Waals surface area (Å²) in [7, 11) is 1.63. The van der Waals surface area contributed by atoms with Gasteiger partial charge in [0.1, 0.15) is 5.69 Å². The van der Waals surface area contributed by atoms with Crippen LogP contribution in [0.4, 0.5) is 0 Å². The van der Waals surface area contributed by atoms with Gasteiger partial charge in [0.2, 0.25) is 5.60 Å². The number of hydrogen-bond acceptors (Lipinski definition) is 5. The molecular weight excluding hydrogens is 320 g/mol. The number of nitrogens with two attached hydrogens (primary N) is 1. The lowest BCUT2D eigenvalue weighted by atomic mass is 10.0. The minimum Gasteiger partial charge on any atom is -0.369 e. The third-order valence-corrected chi connectivity index (χ3v) is 3.95. The Morgan fingerprint density at radius 2 is 2.20 bits per heavy atom. The summed E-state index contributed by atoms with van der Waals surface area (Å²) in [5.41, 5.74) is 4.96. The molecule has 2 heterocycles. The summed E-state index contributed by atoms with van der Waals surface area (Å²) in [6, 6.07) is 8.44. The number of rotatable bonds is 2. The van der Waals surface area contributed by atoms with Crippen molar-refractivity contribution in [3.63, 3.8) is 0 Å². The third-order valence-electron chi connectivity index (χ3n) is 3.95. The number of carbonyl (C=O) groups is 2. The van der Waals surface area contributed by atoms with Crippen molar-refractivity contribution >= 4 is 11.8 Å². The van der Waals surface area contributed by atoms with Gasteiger partial charge < -0.3 is 15.7 Å². The Kier molecular flexibility index (Phi) is 4.21. The molecule has 2 aromatic rings. The summed E-state index contributed by atoms with van der Waals surface area (Å²) in [6.45, 7) is 0.470. The number of benzene rings is 1. The second-order valence-corrected chi connectivity index (χ2v) is 5.80. The van der Waals surface area contributed by atoms with Crippen LogP contribution in [0.3, 0.4) is 0 Å². The Hall–Kier alpha value is -3.24. The van der Waals surface area contributed by atoms with Crippen molar-refractivity contribution in [1.29, 1.82) is 0 Å².